The number of rotatable bonds is 5. The molecular formula is C22H18N2O4S. The molecule has 146 valence electrons. The normalized spacial score (nSPS) is 19.4. The summed E-state index contributed by atoms with van der Waals surface area (Å²) in [6.45, 7) is 0.300. The number of hydrogen-bond acceptors (Lipinski definition) is 5. The number of furan rings is 1. The standard InChI is InChI=1S/C22H18N2O4S/c1-27-16-5-2-4-14(10-16)11-20-22(26)24-18-12-15(7-8-19(18)29-20)21(25)23-13-17-6-3-9-28-17/h2-12,19H,13H2,1H3,(H,23,25)/b20-11+. The van der Waals surface area contributed by atoms with Crippen LogP contribution in [0.1, 0.15) is 11.3 Å². The Kier molecular flexibility index (Phi) is 5.48. The van der Waals surface area contributed by atoms with Gasteiger partial charge in [-0.05, 0) is 42.0 Å². The van der Waals surface area contributed by atoms with Gasteiger partial charge >= 0.3 is 0 Å². The van der Waals surface area contributed by atoms with Gasteiger partial charge in [-0.15, -0.1) is 11.8 Å². The van der Waals surface area contributed by atoms with Crippen LogP contribution < -0.4 is 10.1 Å². The SMILES string of the molecule is COc1cccc(/C=C2/SC3C=CC(C(=O)NCc4ccco4)=CC3=NC2=O)c1. The lowest BCUT2D eigenvalue weighted by molar-refractivity contribution is -0.117. The second-order valence-corrected chi connectivity index (χ2v) is 7.57. The number of methoxy groups -OCH3 is 1. The smallest absolute Gasteiger partial charge is 0.283 e. The van der Waals surface area contributed by atoms with Crippen LogP contribution in [0, 0.1) is 0 Å². The topological polar surface area (TPSA) is 80.9 Å². The van der Waals surface area contributed by atoms with E-state index in [9.17, 15) is 9.59 Å². The number of hydrogen-bond donors (Lipinski definition) is 1. The molecule has 7 heteroatoms. The number of fused-ring (bicyclic) bond motifs is 1. The van der Waals surface area contributed by atoms with E-state index in [2.05, 4.69) is 10.3 Å². The molecule has 2 heterocycles. The molecule has 2 aromatic rings. The summed E-state index contributed by atoms with van der Waals surface area (Å²) in [4.78, 5) is 29.6. The molecule has 2 aliphatic rings. The maximum atomic E-state index is 12.5. The number of amides is 2. The predicted molar refractivity (Wildman–Crippen MR) is 113 cm³/mol. The van der Waals surface area contributed by atoms with E-state index in [-0.39, 0.29) is 17.1 Å². The highest BCUT2D eigenvalue weighted by Crippen LogP contribution is 2.34. The molecule has 1 aromatic carbocycles. The monoisotopic (exact) mass is 406 g/mol. The van der Waals surface area contributed by atoms with Crippen LogP contribution in [0.3, 0.4) is 0 Å². The molecule has 29 heavy (non-hydrogen) atoms. The lowest BCUT2D eigenvalue weighted by atomic mass is 10.0. The first-order valence-corrected chi connectivity index (χ1v) is 9.86. The third kappa shape index (κ3) is 4.41. The van der Waals surface area contributed by atoms with Gasteiger partial charge in [0.25, 0.3) is 11.8 Å². The van der Waals surface area contributed by atoms with E-state index < -0.39 is 0 Å². The summed E-state index contributed by atoms with van der Waals surface area (Å²) in [5, 5.41) is 2.69. The highest BCUT2D eigenvalue weighted by molar-refractivity contribution is 8.05. The molecule has 1 aliphatic heterocycles. The molecule has 2 amide bonds. The van der Waals surface area contributed by atoms with Crippen molar-refractivity contribution < 1.29 is 18.7 Å². The van der Waals surface area contributed by atoms with Crippen molar-refractivity contribution in [1.29, 1.82) is 0 Å². The summed E-state index contributed by atoms with van der Waals surface area (Å²) in [5.41, 5.74) is 1.90. The van der Waals surface area contributed by atoms with Gasteiger partial charge in [0, 0.05) is 5.57 Å². The zero-order chi connectivity index (χ0) is 20.2. The van der Waals surface area contributed by atoms with Crippen LogP contribution in [0.5, 0.6) is 5.75 Å². The van der Waals surface area contributed by atoms with Crippen LogP contribution in [-0.2, 0) is 16.1 Å². The molecule has 0 fully saturated rings. The van der Waals surface area contributed by atoms with Gasteiger partial charge < -0.3 is 14.5 Å². The van der Waals surface area contributed by atoms with Crippen LogP contribution in [0.25, 0.3) is 6.08 Å². The molecule has 0 bridgehead atoms. The first-order chi connectivity index (χ1) is 14.1. The Balaban J connectivity index is 1.49. The van der Waals surface area contributed by atoms with Gasteiger partial charge in [-0.2, -0.15) is 0 Å². The summed E-state index contributed by atoms with van der Waals surface area (Å²) in [7, 11) is 1.60. The largest absolute Gasteiger partial charge is 0.497 e. The van der Waals surface area contributed by atoms with Crippen molar-refractivity contribution in [1.82, 2.24) is 5.32 Å². The molecule has 1 atom stereocenters. The van der Waals surface area contributed by atoms with E-state index in [1.807, 2.05) is 30.3 Å². The fraction of sp³-hybridized carbons (Fsp3) is 0.136. The number of nitrogens with zero attached hydrogens (tertiary/aromatic N) is 1. The minimum atomic E-state index is -0.314. The molecule has 4 rings (SSSR count). The molecule has 1 aliphatic carbocycles. The minimum Gasteiger partial charge on any atom is -0.497 e. The third-order valence-electron chi connectivity index (χ3n) is 4.40. The molecule has 1 N–H and O–H groups in total. The number of nitrogens with one attached hydrogen (secondary N) is 1. The third-order valence-corrected chi connectivity index (χ3v) is 5.60. The quantitative estimate of drug-likeness (QED) is 0.769. The Bertz CT molecular complexity index is 1060. The average molecular weight is 406 g/mol. The zero-order valence-electron chi connectivity index (χ0n) is 15.6. The Morgan fingerprint density at radius 1 is 1.34 bits per heavy atom. The van der Waals surface area contributed by atoms with E-state index in [0.717, 1.165) is 11.3 Å². The Hall–Kier alpha value is -3.32. The van der Waals surface area contributed by atoms with Gasteiger partial charge in [0.05, 0.1) is 35.8 Å². The van der Waals surface area contributed by atoms with Gasteiger partial charge in [-0.25, -0.2) is 4.99 Å². The second kappa shape index (κ2) is 8.36. The highest BCUT2D eigenvalue weighted by atomic mass is 32.2. The van der Waals surface area contributed by atoms with Gasteiger partial charge in [-0.3, -0.25) is 9.59 Å². The van der Waals surface area contributed by atoms with Crippen molar-refractivity contribution in [2.75, 3.05) is 7.11 Å². The Morgan fingerprint density at radius 3 is 3.03 bits per heavy atom. The maximum absolute atomic E-state index is 12.5. The van der Waals surface area contributed by atoms with Gasteiger partial charge in [-0.1, -0.05) is 24.3 Å². The summed E-state index contributed by atoms with van der Waals surface area (Å²) < 4.78 is 10.4. The number of ether oxygens (including phenoxy) is 1. The Labute approximate surface area is 172 Å². The minimum absolute atomic E-state index is 0.105. The summed E-state index contributed by atoms with van der Waals surface area (Å²) in [6.07, 6.45) is 8.67. The molecule has 0 saturated carbocycles. The molecule has 0 saturated heterocycles. The van der Waals surface area contributed by atoms with Crippen LogP contribution in [0.4, 0.5) is 0 Å². The first-order valence-electron chi connectivity index (χ1n) is 8.98. The highest BCUT2D eigenvalue weighted by Gasteiger charge is 2.28. The molecule has 0 spiro atoms. The van der Waals surface area contributed by atoms with Crippen molar-refractivity contribution in [3.05, 3.63) is 82.7 Å². The van der Waals surface area contributed by atoms with E-state index in [4.69, 9.17) is 9.15 Å². The first kappa shape index (κ1) is 19.0. The molecule has 6 nitrogen and oxygen atoms in total. The average Bonchev–Trinajstić information content (AvgIpc) is 3.26. The lowest BCUT2D eigenvalue weighted by Crippen LogP contribution is -2.29. The Morgan fingerprint density at radius 2 is 2.24 bits per heavy atom. The van der Waals surface area contributed by atoms with Crippen LogP contribution in [0.2, 0.25) is 0 Å². The number of carbonyl (C=O) groups is 2. The summed E-state index contributed by atoms with van der Waals surface area (Å²) in [6, 6.07) is 11.0. The zero-order valence-corrected chi connectivity index (χ0v) is 16.4. The second-order valence-electron chi connectivity index (χ2n) is 6.39. The molecule has 0 radical (unpaired) electrons. The molecule has 1 unspecified atom stereocenters. The van der Waals surface area contributed by atoms with Crippen LogP contribution >= 0.6 is 11.8 Å². The molecule has 1 aromatic heterocycles. The van der Waals surface area contributed by atoms with Crippen molar-refractivity contribution >= 4 is 35.4 Å². The number of benzene rings is 1. The van der Waals surface area contributed by atoms with Gasteiger partial charge in [0.2, 0.25) is 0 Å². The van der Waals surface area contributed by atoms with Gasteiger partial charge in [0.1, 0.15) is 11.5 Å². The van der Waals surface area contributed by atoms with Crippen LogP contribution in [0.15, 0.2) is 80.8 Å². The van der Waals surface area contributed by atoms with Crippen molar-refractivity contribution in [2.24, 2.45) is 4.99 Å². The lowest BCUT2D eigenvalue weighted by Gasteiger charge is -2.22. The fourth-order valence-electron chi connectivity index (χ4n) is 2.94. The number of thioether (sulfide) groups is 1. The van der Waals surface area contributed by atoms with Gasteiger partial charge in [0.15, 0.2) is 0 Å². The molecular weight excluding hydrogens is 388 g/mol. The number of aliphatic imine (C=N–C) groups is 1. The van der Waals surface area contributed by atoms with Crippen LogP contribution in [-0.4, -0.2) is 29.9 Å². The summed E-state index contributed by atoms with van der Waals surface area (Å²) in [5.74, 6) is 0.840. The van der Waals surface area contributed by atoms with E-state index in [1.165, 1.54) is 11.8 Å². The number of carbonyl (C=O) groups excluding carboxylic acids is 2. The summed E-state index contributed by atoms with van der Waals surface area (Å²) >= 11 is 1.42. The predicted octanol–water partition coefficient (Wildman–Crippen LogP) is 3.52. The van der Waals surface area contributed by atoms with E-state index in [1.54, 1.807) is 43.7 Å². The van der Waals surface area contributed by atoms with Crippen molar-refractivity contribution in [3.63, 3.8) is 0 Å². The fourth-order valence-corrected chi connectivity index (χ4v) is 3.96. The number of allylic oxidation sites excluding steroid dienone is 1. The van der Waals surface area contributed by atoms with E-state index >= 15 is 0 Å². The maximum Gasteiger partial charge on any atom is 0.283 e. The van der Waals surface area contributed by atoms with E-state index in [0.29, 0.717) is 28.5 Å². The van der Waals surface area contributed by atoms with Crippen molar-refractivity contribution in [3.8, 4) is 5.75 Å². The van der Waals surface area contributed by atoms with Crippen molar-refractivity contribution in [2.45, 2.75) is 11.8 Å².